The van der Waals surface area contributed by atoms with E-state index in [1.807, 2.05) is 60.7 Å². The number of hydrogen-bond acceptors (Lipinski definition) is 8. The molecule has 0 unspecified atom stereocenters. The summed E-state index contributed by atoms with van der Waals surface area (Å²) in [6, 6.07) is 21.4. The van der Waals surface area contributed by atoms with Crippen molar-refractivity contribution < 1.29 is 38.6 Å². The molecule has 348 valence electrons. The van der Waals surface area contributed by atoms with Crippen molar-refractivity contribution in [3.8, 4) is 0 Å². The Kier molecular flexibility index (Phi) is 14.3. The minimum absolute atomic E-state index is 0.0101. The lowest BCUT2D eigenvalue weighted by Crippen LogP contribution is -2.60. The van der Waals surface area contributed by atoms with Gasteiger partial charge in [0.05, 0.1) is 30.1 Å². The van der Waals surface area contributed by atoms with Gasteiger partial charge < -0.3 is 36.0 Å². The zero-order chi connectivity index (χ0) is 46.6. The van der Waals surface area contributed by atoms with Crippen LogP contribution in [0, 0.1) is 10.8 Å². The molecule has 0 aromatic heterocycles. The number of benzene rings is 3. The van der Waals surface area contributed by atoms with Gasteiger partial charge in [0.25, 0.3) is 0 Å². The molecular weight excluding hydrogens is 827 g/mol. The van der Waals surface area contributed by atoms with Crippen molar-refractivity contribution in [1.82, 2.24) is 36.0 Å². The van der Waals surface area contributed by atoms with E-state index in [0.717, 1.165) is 46.4 Å². The lowest BCUT2D eigenvalue weighted by atomic mass is 9.85. The molecule has 2 aliphatic carbocycles. The van der Waals surface area contributed by atoms with Crippen molar-refractivity contribution >= 4 is 35.6 Å². The summed E-state index contributed by atoms with van der Waals surface area (Å²) >= 11 is 0. The molecule has 0 spiro atoms. The Morgan fingerprint density at radius 2 is 1.54 bits per heavy atom. The molecule has 2 aliphatic heterocycles. The van der Waals surface area contributed by atoms with E-state index >= 15 is 0 Å². The number of carbonyl (C=O) groups is 6. The van der Waals surface area contributed by atoms with Crippen molar-refractivity contribution in [2.75, 3.05) is 33.9 Å². The lowest BCUT2D eigenvalue weighted by Gasteiger charge is -2.41. The topological polar surface area (TPSA) is 190 Å². The van der Waals surface area contributed by atoms with Crippen molar-refractivity contribution in [2.24, 2.45) is 10.8 Å². The Morgan fingerprint density at radius 3 is 2.20 bits per heavy atom. The fraction of sp³-hybridized carbons (Fsp3) is 0.520. The van der Waals surface area contributed by atoms with E-state index in [9.17, 15) is 33.9 Å². The number of fused-ring (bicyclic) bond motifs is 2. The van der Waals surface area contributed by atoms with Gasteiger partial charge in [0.2, 0.25) is 29.5 Å². The predicted molar refractivity (Wildman–Crippen MR) is 244 cm³/mol. The summed E-state index contributed by atoms with van der Waals surface area (Å²) in [6.45, 7) is 7.90. The molecule has 1 saturated carbocycles. The van der Waals surface area contributed by atoms with E-state index in [2.05, 4.69) is 44.4 Å². The summed E-state index contributed by atoms with van der Waals surface area (Å²) in [7, 11) is 2.94. The second-order valence-electron chi connectivity index (χ2n) is 19.5. The van der Waals surface area contributed by atoms with E-state index in [1.54, 1.807) is 27.9 Å². The van der Waals surface area contributed by atoms with Crippen LogP contribution < -0.4 is 21.3 Å². The molecule has 2 heterocycles. The summed E-state index contributed by atoms with van der Waals surface area (Å²) in [4.78, 5) is 87.4. The molecule has 15 nitrogen and oxygen atoms in total. The molecule has 3 aromatic carbocycles. The molecule has 0 radical (unpaired) electrons. The van der Waals surface area contributed by atoms with Crippen LogP contribution in [0.1, 0.15) is 99.7 Å². The Bertz CT molecular complexity index is 2240. The number of nitrogens with one attached hydrogen (secondary N) is 4. The van der Waals surface area contributed by atoms with Gasteiger partial charge in [-0.25, -0.2) is 4.79 Å². The average molecular weight is 892 g/mol. The third-order valence-electron chi connectivity index (χ3n) is 14.0. The molecule has 7 atom stereocenters. The molecular formula is C50H65N7O8. The second kappa shape index (κ2) is 19.7. The van der Waals surface area contributed by atoms with Gasteiger partial charge in [-0.05, 0) is 85.1 Å². The Morgan fingerprint density at radius 1 is 0.877 bits per heavy atom. The number of carbonyl (C=O) groups excluding carboxylic acids is 5. The number of ether oxygens (including phenoxy) is 1. The van der Waals surface area contributed by atoms with Gasteiger partial charge in [-0.3, -0.25) is 33.8 Å². The number of likely N-dealkylation sites (N-methyl/N-ethyl adjacent to an activating group) is 1. The highest BCUT2D eigenvalue weighted by Crippen LogP contribution is 2.46. The smallest absolute Gasteiger partial charge is 0.407 e. The van der Waals surface area contributed by atoms with Crippen LogP contribution in [0.25, 0.3) is 0 Å². The summed E-state index contributed by atoms with van der Waals surface area (Å²) in [6.07, 6.45) is 3.01. The van der Waals surface area contributed by atoms with Gasteiger partial charge in [0.15, 0.2) is 0 Å². The quantitative estimate of drug-likeness (QED) is 0.146. The normalized spacial score (nSPS) is 22.5. The van der Waals surface area contributed by atoms with Gasteiger partial charge in [-0.2, -0.15) is 0 Å². The van der Waals surface area contributed by atoms with E-state index < -0.39 is 58.9 Å². The van der Waals surface area contributed by atoms with Crippen molar-refractivity contribution in [3.05, 3.63) is 107 Å². The maximum absolute atomic E-state index is 14.7. The van der Waals surface area contributed by atoms with Gasteiger partial charge in [-0.15, -0.1) is 0 Å². The van der Waals surface area contributed by atoms with E-state index in [0.29, 0.717) is 32.4 Å². The summed E-state index contributed by atoms with van der Waals surface area (Å²) in [5.74, 6) is -1.95. The molecule has 3 aromatic rings. The summed E-state index contributed by atoms with van der Waals surface area (Å²) in [5, 5.41) is 21.9. The molecule has 65 heavy (non-hydrogen) atoms. The van der Waals surface area contributed by atoms with Gasteiger partial charge in [0.1, 0.15) is 18.1 Å². The lowest BCUT2D eigenvalue weighted by molar-refractivity contribution is -0.144. The number of hydrogen-bond donors (Lipinski definition) is 5. The highest BCUT2D eigenvalue weighted by Gasteiger charge is 2.53. The van der Waals surface area contributed by atoms with Crippen LogP contribution in [0.2, 0.25) is 0 Å². The zero-order valence-electron chi connectivity index (χ0n) is 38.5. The van der Waals surface area contributed by atoms with Gasteiger partial charge in [0, 0.05) is 39.8 Å². The molecule has 0 bridgehead atoms. The predicted octanol–water partition coefficient (Wildman–Crippen LogP) is 4.51. The first kappa shape index (κ1) is 47.2. The summed E-state index contributed by atoms with van der Waals surface area (Å²) in [5.41, 5.74) is 3.82. The second-order valence-corrected chi connectivity index (χ2v) is 19.5. The standard InChI is InChI=1S/C50H65N7O8/c1-31(55(5)48(63)64)43(58)54-42(49(2,3)4)46(61)57-28-36(26-40(57)45(60)53-38-22-14-20-32-15-12-13-21-37(32)38)52-47(62)50(23-24-50)30-51-44(59)39-25-34-18-10-11-19-35(34)27-56(39)41(29-65-6)33-16-8-7-9-17-33/h7-13,15-19,21,31,36,38-42H,14,20,22-30H2,1-6H3,(H,51,59)(H,52,62)(H,53,60)(H,54,58)(H,63,64)/t31-,36-,38+,39-,40-,41+,42+/m0/s1. The number of methoxy groups -OCH3 is 1. The number of carboxylic acid groups (broad SMARTS) is 1. The van der Waals surface area contributed by atoms with Crippen molar-refractivity contribution in [2.45, 2.75) is 121 Å². The third-order valence-corrected chi connectivity index (χ3v) is 14.0. The van der Waals surface area contributed by atoms with Crippen molar-refractivity contribution in [1.29, 1.82) is 0 Å². The molecule has 7 rings (SSSR count). The number of aryl methyl sites for hydroxylation is 1. The Balaban J connectivity index is 1.08. The maximum atomic E-state index is 14.7. The van der Waals surface area contributed by atoms with Crippen molar-refractivity contribution in [3.63, 3.8) is 0 Å². The number of nitrogens with zero attached hydrogens (tertiary/aromatic N) is 3. The van der Waals surface area contributed by atoms with Crippen LogP contribution in [-0.4, -0.2) is 119 Å². The molecule has 4 aliphatic rings. The largest absolute Gasteiger partial charge is 0.465 e. The minimum atomic E-state index is -1.29. The van der Waals surface area contributed by atoms with E-state index in [1.165, 1.54) is 24.4 Å². The fourth-order valence-corrected chi connectivity index (χ4v) is 9.70. The molecule has 5 N–H and O–H groups in total. The monoisotopic (exact) mass is 891 g/mol. The SMILES string of the molecule is COC[C@H](c1ccccc1)N1Cc2ccccc2C[C@H]1C(=O)NCC1(C(=O)N[C@H]2C[C@@H](C(=O)N[C@@H]3CCCc4ccccc43)N(C(=O)[C@@H](NC(=O)[C@H](C)N(C)C(=O)O)C(C)(C)C)C2)CC1. The van der Waals surface area contributed by atoms with E-state index in [-0.39, 0.29) is 49.3 Å². The molecule has 1 saturated heterocycles. The van der Waals surface area contributed by atoms with Crippen LogP contribution in [0.5, 0.6) is 0 Å². The van der Waals surface area contributed by atoms with Gasteiger partial charge in [-0.1, -0.05) is 99.6 Å². The van der Waals surface area contributed by atoms with Crippen LogP contribution >= 0.6 is 0 Å². The highest BCUT2D eigenvalue weighted by molar-refractivity contribution is 5.95. The average Bonchev–Trinajstić information content (AvgIpc) is 3.98. The minimum Gasteiger partial charge on any atom is -0.465 e. The first-order valence-corrected chi connectivity index (χ1v) is 22.9. The Hall–Kier alpha value is -5.80. The van der Waals surface area contributed by atoms with Crippen LogP contribution in [-0.2, 0) is 48.1 Å². The van der Waals surface area contributed by atoms with Crippen LogP contribution in [0.3, 0.4) is 0 Å². The fourth-order valence-electron chi connectivity index (χ4n) is 9.70. The highest BCUT2D eigenvalue weighted by atomic mass is 16.5. The molecule has 6 amide bonds. The molecule has 2 fully saturated rings. The number of likely N-dealkylation sites (tertiary alicyclic amines) is 1. The number of rotatable bonds is 15. The molecule has 15 heteroatoms. The Labute approximate surface area is 382 Å². The first-order valence-electron chi connectivity index (χ1n) is 22.9. The van der Waals surface area contributed by atoms with Crippen LogP contribution in [0.4, 0.5) is 4.79 Å². The third kappa shape index (κ3) is 10.5. The maximum Gasteiger partial charge on any atom is 0.407 e. The summed E-state index contributed by atoms with van der Waals surface area (Å²) < 4.78 is 5.70. The van der Waals surface area contributed by atoms with E-state index in [4.69, 9.17) is 4.74 Å². The van der Waals surface area contributed by atoms with Gasteiger partial charge >= 0.3 is 6.09 Å². The number of amides is 6. The zero-order valence-corrected chi connectivity index (χ0v) is 38.5. The first-order chi connectivity index (χ1) is 31.0. The van der Waals surface area contributed by atoms with Crippen LogP contribution in [0.15, 0.2) is 78.9 Å².